The fraction of sp³-hybridized carbons (Fsp3) is 0.238. The lowest BCUT2D eigenvalue weighted by Crippen LogP contribution is -2.36. The molecule has 174 valence electrons. The second kappa shape index (κ2) is 9.69. The van der Waals surface area contributed by atoms with Gasteiger partial charge in [-0.3, -0.25) is 4.72 Å². The van der Waals surface area contributed by atoms with Crippen LogP contribution < -0.4 is 20.3 Å². The van der Waals surface area contributed by atoms with Gasteiger partial charge in [0.1, 0.15) is 10.8 Å². The Morgan fingerprint density at radius 3 is 2.48 bits per heavy atom. The second-order valence-electron chi connectivity index (χ2n) is 7.36. The molecule has 1 saturated heterocycles. The molecule has 3 aromatic rings. The minimum Gasteiger partial charge on any atom is -0.506 e. The van der Waals surface area contributed by atoms with Gasteiger partial charge in [0.15, 0.2) is 5.82 Å². The molecule has 4 rings (SSSR count). The Balaban J connectivity index is 1.54. The van der Waals surface area contributed by atoms with E-state index >= 15 is 0 Å². The molecule has 2 aromatic carbocycles. The summed E-state index contributed by atoms with van der Waals surface area (Å²) in [6.07, 6.45) is 2.48. The van der Waals surface area contributed by atoms with Gasteiger partial charge < -0.3 is 25.4 Å². The number of sulfonamides is 1. The first-order valence-electron chi connectivity index (χ1n) is 10.1. The summed E-state index contributed by atoms with van der Waals surface area (Å²) in [4.78, 5) is 10.7. The number of nitrogens with one attached hydrogen (secondary N) is 3. The van der Waals surface area contributed by atoms with E-state index in [4.69, 9.17) is 16.3 Å². The van der Waals surface area contributed by atoms with E-state index in [9.17, 15) is 13.5 Å². The Morgan fingerprint density at radius 2 is 1.79 bits per heavy atom. The van der Waals surface area contributed by atoms with Crippen LogP contribution in [0.3, 0.4) is 0 Å². The number of ether oxygens (including phenoxy) is 1. The molecule has 0 aliphatic carbocycles. The Kier molecular flexibility index (Phi) is 6.72. The fourth-order valence-electron chi connectivity index (χ4n) is 3.29. The van der Waals surface area contributed by atoms with Crippen molar-refractivity contribution in [1.29, 1.82) is 0 Å². The van der Waals surface area contributed by atoms with Crippen molar-refractivity contribution in [3.8, 4) is 5.75 Å². The molecule has 0 unspecified atom stereocenters. The third-order valence-electron chi connectivity index (χ3n) is 4.82. The first-order chi connectivity index (χ1) is 15.8. The van der Waals surface area contributed by atoms with Crippen molar-refractivity contribution >= 4 is 56.1 Å². The number of para-hydroxylation sites is 2. The summed E-state index contributed by atoms with van der Waals surface area (Å²) in [7, 11) is -3.47. The summed E-state index contributed by atoms with van der Waals surface area (Å²) in [5.74, 6) is 0.515. The van der Waals surface area contributed by atoms with Crippen LogP contribution in [0.1, 0.15) is 0 Å². The number of aromatic nitrogens is 2. The smallest absolute Gasteiger partial charge is 0.229 e. The van der Waals surface area contributed by atoms with E-state index in [1.54, 1.807) is 36.4 Å². The maximum atomic E-state index is 11.7. The first-order valence-corrected chi connectivity index (χ1v) is 12.3. The van der Waals surface area contributed by atoms with Gasteiger partial charge in [-0.25, -0.2) is 13.4 Å². The first kappa shape index (κ1) is 22.9. The van der Waals surface area contributed by atoms with Gasteiger partial charge in [0.25, 0.3) is 0 Å². The van der Waals surface area contributed by atoms with Crippen LogP contribution in [-0.2, 0) is 14.8 Å². The molecule has 2 heterocycles. The molecule has 1 aromatic heterocycles. The summed E-state index contributed by atoms with van der Waals surface area (Å²) < 4.78 is 31.1. The van der Waals surface area contributed by atoms with Crippen LogP contribution in [0.5, 0.6) is 5.75 Å². The van der Waals surface area contributed by atoms with E-state index in [0.717, 1.165) is 25.0 Å². The highest BCUT2D eigenvalue weighted by atomic mass is 35.5. The van der Waals surface area contributed by atoms with E-state index in [2.05, 4.69) is 30.2 Å². The Hall–Kier alpha value is -3.28. The van der Waals surface area contributed by atoms with Gasteiger partial charge >= 0.3 is 0 Å². The topological polar surface area (TPSA) is 129 Å². The van der Waals surface area contributed by atoms with Gasteiger partial charge in [-0.15, -0.1) is 0 Å². The molecular weight excluding hydrogens is 468 g/mol. The zero-order valence-corrected chi connectivity index (χ0v) is 19.3. The highest BCUT2D eigenvalue weighted by Crippen LogP contribution is 2.33. The summed E-state index contributed by atoms with van der Waals surface area (Å²) in [6, 6.07) is 12.1. The third kappa shape index (κ3) is 5.95. The molecule has 1 aliphatic rings. The van der Waals surface area contributed by atoms with Crippen LogP contribution in [0.4, 0.5) is 34.5 Å². The van der Waals surface area contributed by atoms with Crippen molar-refractivity contribution in [3.63, 3.8) is 0 Å². The predicted molar refractivity (Wildman–Crippen MR) is 130 cm³/mol. The van der Waals surface area contributed by atoms with Crippen LogP contribution >= 0.6 is 11.6 Å². The van der Waals surface area contributed by atoms with Gasteiger partial charge in [-0.1, -0.05) is 23.7 Å². The number of hydrogen-bond acceptors (Lipinski definition) is 9. The molecule has 1 aliphatic heterocycles. The normalized spacial score (nSPS) is 14.1. The van der Waals surface area contributed by atoms with Crippen molar-refractivity contribution in [1.82, 2.24) is 9.97 Å². The standard InChI is InChI=1S/C21H23ClN6O4S/c1-33(30,31)27-17-5-3-2-4-16(17)24-20-15(22)13-23-21(26-20)25-18-7-6-14(12-19(18)29)28-8-10-32-11-9-28/h2-7,12-13,27,29H,8-11H2,1H3,(H2,23,24,25,26). The van der Waals surface area contributed by atoms with Crippen molar-refractivity contribution in [2.24, 2.45) is 0 Å². The van der Waals surface area contributed by atoms with Gasteiger partial charge in [0.2, 0.25) is 16.0 Å². The number of rotatable bonds is 7. The van der Waals surface area contributed by atoms with Crippen LogP contribution in [0.2, 0.25) is 5.02 Å². The SMILES string of the molecule is CS(=O)(=O)Nc1ccccc1Nc1nc(Nc2ccc(N3CCOCC3)cc2O)ncc1Cl. The number of phenols is 1. The lowest BCUT2D eigenvalue weighted by atomic mass is 10.2. The molecule has 0 bridgehead atoms. The maximum absolute atomic E-state index is 11.7. The van der Waals surface area contributed by atoms with Crippen molar-refractivity contribution in [3.05, 3.63) is 53.7 Å². The highest BCUT2D eigenvalue weighted by molar-refractivity contribution is 7.92. The molecule has 0 atom stereocenters. The monoisotopic (exact) mass is 490 g/mol. The molecule has 0 spiro atoms. The maximum Gasteiger partial charge on any atom is 0.229 e. The van der Waals surface area contributed by atoms with Crippen LogP contribution in [0.25, 0.3) is 0 Å². The molecule has 12 heteroatoms. The van der Waals surface area contributed by atoms with Crippen molar-refractivity contribution in [2.45, 2.75) is 0 Å². The summed E-state index contributed by atoms with van der Waals surface area (Å²) in [6.45, 7) is 2.82. The lowest BCUT2D eigenvalue weighted by molar-refractivity contribution is 0.122. The Labute approximate surface area is 196 Å². The van der Waals surface area contributed by atoms with Crippen LogP contribution in [0, 0.1) is 0 Å². The number of anilines is 6. The zero-order chi connectivity index (χ0) is 23.4. The minimum absolute atomic E-state index is 0.0507. The Morgan fingerprint density at radius 1 is 1.06 bits per heavy atom. The van der Waals surface area contributed by atoms with Gasteiger partial charge in [-0.05, 0) is 24.3 Å². The molecular formula is C21H23ClN6O4S. The minimum atomic E-state index is -3.47. The zero-order valence-electron chi connectivity index (χ0n) is 17.7. The van der Waals surface area contributed by atoms with Crippen LogP contribution in [0.15, 0.2) is 48.7 Å². The van der Waals surface area contributed by atoms with Crippen molar-refractivity contribution in [2.75, 3.05) is 52.8 Å². The average Bonchev–Trinajstić information content (AvgIpc) is 2.78. The lowest BCUT2D eigenvalue weighted by Gasteiger charge is -2.29. The van der Waals surface area contributed by atoms with E-state index in [0.29, 0.717) is 30.3 Å². The molecule has 0 saturated carbocycles. The van der Waals surface area contributed by atoms with Gasteiger partial charge in [-0.2, -0.15) is 4.98 Å². The predicted octanol–water partition coefficient (Wildman–Crippen LogP) is 3.53. The highest BCUT2D eigenvalue weighted by Gasteiger charge is 2.15. The molecule has 1 fully saturated rings. The molecule has 0 radical (unpaired) electrons. The largest absolute Gasteiger partial charge is 0.506 e. The fourth-order valence-corrected chi connectivity index (χ4v) is 4.00. The molecule has 33 heavy (non-hydrogen) atoms. The molecule has 4 N–H and O–H groups in total. The number of phenolic OH excluding ortho intramolecular Hbond substituents is 1. The summed E-state index contributed by atoms with van der Waals surface area (Å²) in [5, 5.41) is 16.8. The van der Waals surface area contributed by atoms with Crippen molar-refractivity contribution < 1.29 is 18.3 Å². The van der Waals surface area contributed by atoms with E-state index in [1.165, 1.54) is 6.20 Å². The average molecular weight is 491 g/mol. The summed E-state index contributed by atoms with van der Waals surface area (Å²) >= 11 is 6.25. The molecule has 0 amide bonds. The number of aromatic hydroxyl groups is 1. The second-order valence-corrected chi connectivity index (χ2v) is 9.52. The van der Waals surface area contributed by atoms with E-state index in [1.807, 2.05) is 6.07 Å². The molecule has 10 nitrogen and oxygen atoms in total. The third-order valence-corrected chi connectivity index (χ3v) is 5.69. The van der Waals surface area contributed by atoms with Gasteiger partial charge in [0.05, 0.1) is 42.7 Å². The number of nitrogens with zero attached hydrogens (tertiary/aromatic N) is 3. The number of hydrogen-bond donors (Lipinski definition) is 4. The summed E-state index contributed by atoms with van der Waals surface area (Å²) in [5.41, 5.74) is 2.14. The quantitative estimate of drug-likeness (QED) is 0.367. The number of halogens is 1. The van der Waals surface area contributed by atoms with E-state index in [-0.39, 0.29) is 22.5 Å². The number of morpholine rings is 1. The Bertz CT molecular complexity index is 1250. The number of benzene rings is 2. The van der Waals surface area contributed by atoms with E-state index < -0.39 is 10.0 Å². The van der Waals surface area contributed by atoms with Gasteiger partial charge in [0, 0.05) is 24.8 Å². The van der Waals surface area contributed by atoms with Crippen LogP contribution in [-0.4, -0.2) is 56.1 Å².